The summed E-state index contributed by atoms with van der Waals surface area (Å²) in [5, 5.41) is 0. The number of allylic oxidation sites excluding steroid dienone is 3. The third-order valence-electron chi connectivity index (χ3n) is 2.28. The van der Waals surface area contributed by atoms with Crippen molar-refractivity contribution in [2.45, 2.75) is 13.3 Å². The van der Waals surface area contributed by atoms with Crippen LogP contribution in [0.15, 0.2) is 48.1 Å². The number of ether oxygens (including phenoxy) is 1. The van der Waals surface area contributed by atoms with Gasteiger partial charge in [-0.05, 0) is 30.5 Å². The van der Waals surface area contributed by atoms with Crippen molar-refractivity contribution in [3.8, 4) is 5.75 Å². The monoisotopic (exact) mass is 186 g/mol. The maximum Gasteiger partial charge on any atom is 0.123 e. The van der Waals surface area contributed by atoms with E-state index in [-0.39, 0.29) is 0 Å². The van der Waals surface area contributed by atoms with E-state index in [9.17, 15) is 0 Å². The summed E-state index contributed by atoms with van der Waals surface area (Å²) in [6.07, 6.45) is 7.31. The van der Waals surface area contributed by atoms with E-state index in [0.717, 1.165) is 12.2 Å². The number of para-hydroxylation sites is 1. The van der Waals surface area contributed by atoms with E-state index in [0.29, 0.717) is 6.61 Å². The average molecular weight is 186 g/mol. The molecule has 0 saturated heterocycles. The summed E-state index contributed by atoms with van der Waals surface area (Å²) in [6, 6.07) is 8.20. The minimum atomic E-state index is 0.682. The van der Waals surface area contributed by atoms with Crippen molar-refractivity contribution in [1.82, 2.24) is 0 Å². The Kier molecular flexibility index (Phi) is 2.68. The van der Waals surface area contributed by atoms with Gasteiger partial charge in [0.1, 0.15) is 12.4 Å². The normalized spacial score (nSPS) is 21.6. The van der Waals surface area contributed by atoms with Crippen LogP contribution < -0.4 is 4.74 Å². The van der Waals surface area contributed by atoms with Gasteiger partial charge in [0.15, 0.2) is 0 Å². The molecule has 0 aromatic heterocycles. The Morgan fingerprint density at radius 3 is 3.00 bits per heavy atom. The zero-order valence-corrected chi connectivity index (χ0v) is 8.36. The molecule has 1 aliphatic rings. The van der Waals surface area contributed by atoms with Crippen LogP contribution in [0.5, 0.6) is 5.75 Å². The fourth-order valence-electron chi connectivity index (χ4n) is 1.48. The van der Waals surface area contributed by atoms with Gasteiger partial charge in [0.25, 0.3) is 0 Å². The maximum absolute atomic E-state index is 5.71. The molecule has 0 saturated carbocycles. The van der Waals surface area contributed by atoms with Gasteiger partial charge in [0.2, 0.25) is 0 Å². The SMILES string of the molecule is C/C1=C/C=C\Cc2ccccc2OC1. The van der Waals surface area contributed by atoms with Crippen LogP contribution in [-0.2, 0) is 6.42 Å². The van der Waals surface area contributed by atoms with Gasteiger partial charge in [-0.25, -0.2) is 0 Å². The van der Waals surface area contributed by atoms with Crippen molar-refractivity contribution in [3.05, 3.63) is 53.6 Å². The highest BCUT2D eigenvalue weighted by atomic mass is 16.5. The number of hydrogen-bond donors (Lipinski definition) is 0. The van der Waals surface area contributed by atoms with Crippen LogP contribution in [0.3, 0.4) is 0 Å². The van der Waals surface area contributed by atoms with Gasteiger partial charge in [-0.3, -0.25) is 0 Å². The molecular weight excluding hydrogens is 172 g/mol. The highest BCUT2D eigenvalue weighted by Gasteiger charge is 2.02. The quantitative estimate of drug-likeness (QED) is 0.605. The maximum atomic E-state index is 5.71. The largest absolute Gasteiger partial charge is 0.489 e. The molecule has 72 valence electrons. The van der Waals surface area contributed by atoms with Gasteiger partial charge in [-0.1, -0.05) is 36.4 Å². The van der Waals surface area contributed by atoms with Gasteiger partial charge in [-0.2, -0.15) is 0 Å². The summed E-state index contributed by atoms with van der Waals surface area (Å²) in [7, 11) is 0. The van der Waals surface area contributed by atoms with E-state index in [1.807, 2.05) is 18.2 Å². The molecule has 1 nitrogen and oxygen atoms in total. The smallest absolute Gasteiger partial charge is 0.123 e. The summed E-state index contributed by atoms with van der Waals surface area (Å²) in [5.74, 6) is 1.01. The predicted molar refractivity (Wildman–Crippen MR) is 58.5 cm³/mol. The first kappa shape index (κ1) is 9.07. The van der Waals surface area contributed by atoms with Crippen molar-refractivity contribution in [2.75, 3.05) is 6.61 Å². The topological polar surface area (TPSA) is 9.23 Å². The van der Waals surface area contributed by atoms with Crippen molar-refractivity contribution in [2.24, 2.45) is 0 Å². The zero-order chi connectivity index (χ0) is 9.80. The van der Waals surface area contributed by atoms with Crippen LogP contribution in [0.25, 0.3) is 0 Å². The van der Waals surface area contributed by atoms with E-state index in [4.69, 9.17) is 4.74 Å². The van der Waals surface area contributed by atoms with Crippen LogP contribution in [0.1, 0.15) is 12.5 Å². The lowest BCUT2D eigenvalue weighted by Crippen LogP contribution is -2.00. The molecule has 1 aromatic carbocycles. The highest BCUT2D eigenvalue weighted by Crippen LogP contribution is 2.20. The lowest BCUT2D eigenvalue weighted by molar-refractivity contribution is 0.349. The fourth-order valence-corrected chi connectivity index (χ4v) is 1.48. The summed E-state index contributed by atoms with van der Waals surface area (Å²) in [6.45, 7) is 2.76. The van der Waals surface area contributed by atoms with E-state index in [1.165, 1.54) is 11.1 Å². The number of rotatable bonds is 0. The van der Waals surface area contributed by atoms with Crippen LogP contribution in [0.2, 0.25) is 0 Å². The second kappa shape index (κ2) is 4.14. The molecule has 1 heterocycles. The van der Waals surface area contributed by atoms with Crippen LogP contribution >= 0.6 is 0 Å². The Morgan fingerprint density at radius 1 is 1.21 bits per heavy atom. The first-order valence-electron chi connectivity index (χ1n) is 4.89. The first-order chi connectivity index (χ1) is 6.86. The van der Waals surface area contributed by atoms with Crippen LogP contribution in [0, 0.1) is 0 Å². The molecule has 0 spiro atoms. The molecule has 0 unspecified atom stereocenters. The van der Waals surface area contributed by atoms with Gasteiger partial charge in [0.05, 0.1) is 0 Å². The fraction of sp³-hybridized carbons (Fsp3) is 0.231. The molecule has 2 rings (SSSR count). The second-order valence-electron chi connectivity index (χ2n) is 3.54. The highest BCUT2D eigenvalue weighted by molar-refractivity contribution is 5.36. The molecule has 1 aromatic rings. The Morgan fingerprint density at radius 2 is 2.07 bits per heavy atom. The van der Waals surface area contributed by atoms with E-state index >= 15 is 0 Å². The van der Waals surface area contributed by atoms with Crippen LogP contribution in [0.4, 0.5) is 0 Å². The third-order valence-corrected chi connectivity index (χ3v) is 2.28. The molecule has 0 aliphatic carbocycles. The van der Waals surface area contributed by atoms with E-state index in [2.05, 4.69) is 31.2 Å². The zero-order valence-electron chi connectivity index (χ0n) is 8.36. The molecule has 0 fully saturated rings. The number of fused-ring (bicyclic) bond motifs is 1. The Hall–Kier alpha value is -1.50. The van der Waals surface area contributed by atoms with E-state index < -0.39 is 0 Å². The Bertz CT molecular complexity index is 375. The molecule has 0 N–H and O–H groups in total. The molecule has 1 heteroatoms. The summed E-state index contributed by atoms with van der Waals surface area (Å²) in [4.78, 5) is 0. The number of hydrogen-bond acceptors (Lipinski definition) is 1. The minimum absolute atomic E-state index is 0.682. The molecule has 1 aliphatic heterocycles. The average Bonchev–Trinajstić information content (AvgIpc) is 2.30. The van der Waals surface area contributed by atoms with Crippen molar-refractivity contribution in [1.29, 1.82) is 0 Å². The second-order valence-corrected chi connectivity index (χ2v) is 3.54. The Balaban J connectivity index is 2.30. The molecule has 0 radical (unpaired) electrons. The van der Waals surface area contributed by atoms with Gasteiger partial charge in [0, 0.05) is 0 Å². The summed E-state index contributed by atoms with van der Waals surface area (Å²) >= 11 is 0. The minimum Gasteiger partial charge on any atom is -0.489 e. The lowest BCUT2D eigenvalue weighted by atomic mass is 10.1. The molecular formula is C13H14O. The standard InChI is InChI=1S/C13H14O/c1-11-6-2-3-7-12-8-4-5-9-13(12)14-10-11/h2-6,8-9H,7,10H2,1H3/b3-2-,11-6-. The predicted octanol–water partition coefficient (Wildman–Crippen LogP) is 3.12. The molecule has 0 atom stereocenters. The van der Waals surface area contributed by atoms with Gasteiger partial charge in [-0.15, -0.1) is 0 Å². The molecule has 14 heavy (non-hydrogen) atoms. The molecule has 0 bridgehead atoms. The number of benzene rings is 1. The summed E-state index contributed by atoms with van der Waals surface area (Å²) < 4.78 is 5.71. The third kappa shape index (κ3) is 2.05. The first-order valence-corrected chi connectivity index (χ1v) is 4.89. The Labute approximate surface area is 84.7 Å². The van der Waals surface area contributed by atoms with Crippen LogP contribution in [-0.4, -0.2) is 6.61 Å². The summed E-state index contributed by atoms with van der Waals surface area (Å²) in [5.41, 5.74) is 2.50. The van der Waals surface area contributed by atoms with E-state index in [1.54, 1.807) is 0 Å². The van der Waals surface area contributed by atoms with Crippen molar-refractivity contribution in [3.63, 3.8) is 0 Å². The van der Waals surface area contributed by atoms with Crippen molar-refractivity contribution < 1.29 is 4.74 Å². The lowest BCUT2D eigenvalue weighted by Gasteiger charge is -2.09. The van der Waals surface area contributed by atoms with Crippen molar-refractivity contribution >= 4 is 0 Å². The van der Waals surface area contributed by atoms with Gasteiger partial charge >= 0.3 is 0 Å². The molecule has 0 amide bonds. The van der Waals surface area contributed by atoms with Gasteiger partial charge < -0.3 is 4.74 Å².